The van der Waals surface area contributed by atoms with E-state index in [1.165, 1.54) is 11.3 Å². The molecule has 1 heterocycles. The Bertz CT molecular complexity index is 526. The van der Waals surface area contributed by atoms with Crippen LogP contribution in [0.1, 0.15) is 16.7 Å². The second-order valence-electron chi connectivity index (χ2n) is 4.80. The lowest BCUT2D eigenvalue weighted by atomic mass is 10.1. The molecule has 0 saturated carbocycles. The van der Waals surface area contributed by atoms with Gasteiger partial charge < -0.3 is 10.0 Å². The van der Waals surface area contributed by atoms with Gasteiger partial charge in [-0.2, -0.15) is 0 Å². The fourth-order valence-electron chi connectivity index (χ4n) is 2.07. The molecule has 0 aliphatic heterocycles. The Morgan fingerprint density at radius 2 is 1.89 bits per heavy atom. The van der Waals surface area contributed by atoms with Crippen LogP contribution >= 0.6 is 0 Å². The molecule has 0 amide bonds. The third-order valence-electron chi connectivity index (χ3n) is 3.42. The number of likely N-dealkylation sites (N-methyl/N-ethyl adjacent to an activating group) is 1. The van der Waals surface area contributed by atoms with E-state index in [9.17, 15) is 5.11 Å². The minimum absolute atomic E-state index is 0.104. The minimum atomic E-state index is 0.104. The smallest absolute Gasteiger partial charge is 0.0684 e. The van der Waals surface area contributed by atoms with Crippen LogP contribution in [-0.2, 0) is 13.0 Å². The van der Waals surface area contributed by atoms with Crippen molar-refractivity contribution in [2.75, 3.05) is 18.5 Å². The minimum Gasteiger partial charge on any atom is -0.392 e. The summed E-state index contributed by atoms with van der Waals surface area (Å²) in [6.07, 6.45) is 4.66. The maximum atomic E-state index is 9.18. The van der Waals surface area contributed by atoms with Crippen LogP contribution in [0.5, 0.6) is 0 Å². The lowest BCUT2D eigenvalue weighted by Gasteiger charge is -2.20. The molecular weight excluding hydrogens is 236 g/mol. The van der Waals surface area contributed by atoms with Gasteiger partial charge in [0.05, 0.1) is 6.61 Å². The number of aliphatic hydroxyl groups excluding tert-OH is 1. The molecular formula is C16H20N2O. The van der Waals surface area contributed by atoms with Gasteiger partial charge in [0.2, 0.25) is 0 Å². The van der Waals surface area contributed by atoms with Gasteiger partial charge >= 0.3 is 0 Å². The molecule has 1 aromatic heterocycles. The van der Waals surface area contributed by atoms with E-state index in [-0.39, 0.29) is 6.61 Å². The summed E-state index contributed by atoms with van der Waals surface area (Å²) in [5, 5.41) is 9.18. The van der Waals surface area contributed by atoms with E-state index < -0.39 is 0 Å². The number of hydrogen-bond donors (Lipinski definition) is 1. The van der Waals surface area contributed by atoms with Crippen molar-refractivity contribution in [3.8, 4) is 0 Å². The normalized spacial score (nSPS) is 10.5. The second-order valence-corrected chi connectivity index (χ2v) is 4.80. The summed E-state index contributed by atoms with van der Waals surface area (Å²) in [6, 6.07) is 10.3. The summed E-state index contributed by atoms with van der Waals surface area (Å²) >= 11 is 0. The maximum Gasteiger partial charge on any atom is 0.0684 e. The number of aryl methyl sites for hydroxylation is 1. The van der Waals surface area contributed by atoms with Crippen molar-refractivity contribution in [3.05, 3.63) is 59.4 Å². The average molecular weight is 256 g/mol. The van der Waals surface area contributed by atoms with Crippen LogP contribution in [0.15, 0.2) is 42.7 Å². The Morgan fingerprint density at radius 1 is 1.16 bits per heavy atom. The predicted molar refractivity (Wildman–Crippen MR) is 78.3 cm³/mol. The Morgan fingerprint density at radius 3 is 2.53 bits per heavy atom. The summed E-state index contributed by atoms with van der Waals surface area (Å²) in [5.41, 5.74) is 4.61. The SMILES string of the molecule is Cc1cc(N(C)CCc2ccncc2)ccc1CO. The Hall–Kier alpha value is -1.87. The molecule has 0 spiro atoms. The van der Waals surface area contributed by atoms with Crippen molar-refractivity contribution in [2.24, 2.45) is 0 Å². The Labute approximate surface area is 114 Å². The number of aromatic nitrogens is 1. The fourth-order valence-corrected chi connectivity index (χ4v) is 2.07. The molecule has 100 valence electrons. The molecule has 0 atom stereocenters. The average Bonchev–Trinajstić information content (AvgIpc) is 2.45. The first kappa shape index (κ1) is 13.6. The molecule has 0 saturated heterocycles. The van der Waals surface area contributed by atoms with Crippen molar-refractivity contribution in [2.45, 2.75) is 20.0 Å². The van der Waals surface area contributed by atoms with Gasteiger partial charge in [0, 0.05) is 31.7 Å². The highest BCUT2D eigenvalue weighted by atomic mass is 16.3. The zero-order valence-corrected chi connectivity index (χ0v) is 11.5. The third-order valence-corrected chi connectivity index (χ3v) is 3.42. The fraction of sp³-hybridized carbons (Fsp3) is 0.312. The molecule has 0 fully saturated rings. The number of anilines is 1. The summed E-state index contributed by atoms with van der Waals surface area (Å²) in [6.45, 7) is 3.10. The predicted octanol–water partition coefficient (Wildman–Crippen LogP) is 2.56. The highest BCUT2D eigenvalue weighted by Gasteiger charge is 2.04. The summed E-state index contributed by atoms with van der Waals surface area (Å²) in [4.78, 5) is 6.25. The number of rotatable bonds is 5. The van der Waals surface area contributed by atoms with Gasteiger partial charge in [-0.25, -0.2) is 0 Å². The summed E-state index contributed by atoms with van der Waals surface area (Å²) < 4.78 is 0. The van der Waals surface area contributed by atoms with Crippen LogP contribution in [0.2, 0.25) is 0 Å². The van der Waals surface area contributed by atoms with E-state index in [2.05, 4.69) is 29.1 Å². The lowest BCUT2D eigenvalue weighted by molar-refractivity contribution is 0.281. The van der Waals surface area contributed by atoms with Gasteiger partial charge in [-0.05, 0) is 54.3 Å². The number of aliphatic hydroxyl groups is 1. The van der Waals surface area contributed by atoms with E-state index in [4.69, 9.17) is 0 Å². The molecule has 3 heteroatoms. The van der Waals surface area contributed by atoms with E-state index in [1.54, 1.807) is 0 Å². The van der Waals surface area contributed by atoms with Crippen molar-refractivity contribution >= 4 is 5.69 Å². The van der Waals surface area contributed by atoms with Gasteiger partial charge in [-0.15, -0.1) is 0 Å². The summed E-state index contributed by atoms with van der Waals surface area (Å²) in [5.74, 6) is 0. The van der Waals surface area contributed by atoms with Crippen molar-refractivity contribution in [1.82, 2.24) is 4.98 Å². The highest BCUT2D eigenvalue weighted by molar-refractivity contribution is 5.50. The van der Waals surface area contributed by atoms with Crippen LogP contribution in [0.3, 0.4) is 0 Å². The molecule has 3 nitrogen and oxygen atoms in total. The molecule has 0 aliphatic rings. The molecule has 2 rings (SSSR count). The van der Waals surface area contributed by atoms with E-state index >= 15 is 0 Å². The number of benzene rings is 1. The van der Waals surface area contributed by atoms with E-state index in [0.717, 1.165) is 24.1 Å². The van der Waals surface area contributed by atoms with Gasteiger partial charge in [0.15, 0.2) is 0 Å². The van der Waals surface area contributed by atoms with Gasteiger partial charge in [0.25, 0.3) is 0 Å². The van der Waals surface area contributed by atoms with Crippen molar-refractivity contribution in [1.29, 1.82) is 0 Å². The van der Waals surface area contributed by atoms with Crippen molar-refractivity contribution in [3.63, 3.8) is 0 Å². The number of hydrogen-bond acceptors (Lipinski definition) is 3. The Kier molecular flexibility index (Phi) is 4.53. The molecule has 1 N–H and O–H groups in total. The molecule has 0 radical (unpaired) electrons. The van der Waals surface area contributed by atoms with Crippen LogP contribution in [0.25, 0.3) is 0 Å². The molecule has 0 bridgehead atoms. The van der Waals surface area contributed by atoms with Crippen LogP contribution in [0.4, 0.5) is 5.69 Å². The zero-order chi connectivity index (χ0) is 13.7. The standard InChI is InChI=1S/C16H20N2O/c1-13-11-16(4-3-15(13)12-19)18(2)10-7-14-5-8-17-9-6-14/h3-6,8-9,11,19H,7,10,12H2,1-2H3. The van der Waals surface area contributed by atoms with E-state index in [1.807, 2.05) is 37.5 Å². The molecule has 2 aromatic rings. The van der Waals surface area contributed by atoms with Crippen LogP contribution in [0, 0.1) is 6.92 Å². The largest absolute Gasteiger partial charge is 0.392 e. The van der Waals surface area contributed by atoms with Crippen LogP contribution in [-0.4, -0.2) is 23.7 Å². The quantitative estimate of drug-likeness (QED) is 0.893. The van der Waals surface area contributed by atoms with Gasteiger partial charge in [0.1, 0.15) is 0 Å². The topological polar surface area (TPSA) is 36.4 Å². The zero-order valence-electron chi connectivity index (χ0n) is 11.5. The monoisotopic (exact) mass is 256 g/mol. The van der Waals surface area contributed by atoms with Gasteiger partial charge in [-0.1, -0.05) is 6.07 Å². The Balaban J connectivity index is 2.00. The third kappa shape index (κ3) is 3.55. The van der Waals surface area contributed by atoms with Crippen molar-refractivity contribution < 1.29 is 5.11 Å². The first-order valence-corrected chi connectivity index (χ1v) is 6.51. The molecule has 1 aromatic carbocycles. The summed E-state index contributed by atoms with van der Waals surface area (Å²) in [7, 11) is 2.09. The molecule has 0 unspecified atom stereocenters. The molecule has 19 heavy (non-hydrogen) atoms. The van der Waals surface area contributed by atoms with Crippen LogP contribution < -0.4 is 4.90 Å². The maximum absolute atomic E-state index is 9.18. The second kappa shape index (κ2) is 6.34. The highest BCUT2D eigenvalue weighted by Crippen LogP contribution is 2.18. The first-order chi connectivity index (χ1) is 9.20. The lowest BCUT2D eigenvalue weighted by Crippen LogP contribution is -2.20. The van der Waals surface area contributed by atoms with Gasteiger partial charge in [-0.3, -0.25) is 4.98 Å². The number of pyridine rings is 1. The number of nitrogens with zero attached hydrogens (tertiary/aromatic N) is 2. The first-order valence-electron chi connectivity index (χ1n) is 6.51. The van der Waals surface area contributed by atoms with E-state index in [0.29, 0.717) is 0 Å². The molecule has 0 aliphatic carbocycles.